The van der Waals surface area contributed by atoms with Crippen molar-refractivity contribution < 1.29 is 45.0 Å². The van der Waals surface area contributed by atoms with Gasteiger partial charge in [-0.3, -0.25) is 9.59 Å². The number of esters is 2. The second-order valence-electron chi connectivity index (χ2n) is 8.62. The number of carbonyl (C=O) groups is 2. The molecular weight excluding hydrogens is 671 g/mol. The first kappa shape index (κ1) is 37.2. The van der Waals surface area contributed by atoms with Crippen molar-refractivity contribution in [3.63, 3.8) is 0 Å². The van der Waals surface area contributed by atoms with E-state index >= 15 is 0 Å². The van der Waals surface area contributed by atoms with E-state index in [1.54, 1.807) is 36.4 Å². The second kappa shape index (κ2) is 16.9. The van der Waals surface area contributed by atoms with Crippen molar-refractivity contribution in [2.45, 2.75) is 22.6 Å². The molecule has 224 valence electrons. The molecule has 10 nitrogen and oxygen atoms in total. The van der Waals surface area contributed by atoms with Gasteiger partial charge in [0.05, 0.1) is 34.4 Å². The van der Waals surface area contributed by atoms with Gasteiger partial charge in [-0.15, -0.1) is 23.2 Å². The predicted octanol–water partition coefficient (Wildman–Crippen LogP) is 3.76. The third-order valence-electron chi connectivity index (χ3n) is 5.84. The third-order valence-corrected chi connectivity index (χ3v) is 7.94. The summed E-state index contributed by atoms with van der Waals surface area (Å²) in [6, 6.07) is 18.4. The Bertz CT molecular complexity index is 1680. The van der Waals surface area contributed by atoms with Crippen LogP contribution in [0.25, 0.3) is 21.5 Å². The molecule has 0 aliphatic carbocycles. The van der Waals surface area contributed by atoms with Crippen molar-refractivity contribution in [1.29, 1.82) is 0 Å². The second-order valence-corrected chi connectivity index (χ2v) is 12.1. The van der Waals surface area contributed by atoms with Crippen LogP contribution in [0, 0.1) is 0 Å². The Balaban J connectivity index is 0.000000293. The van der Waals surface area contributed by atoms with Gasteiger partial charge in [0, 0.05) is 0 Å². The number of carbonyl (C=O) groups excluding carboxylic acids is 2. The quantitative estimate of drug-likeness (QED) is 0.103. The van der Waals surface area contributed by atoms with E-state index in [0.29, 0.717) is 32.7 Å². The maximum absolute atomic E-state index is 11.6. The maximum Gasteiger partial charge on any atom is 2.00 e. The fourth-order valence-electron chi connectivity index (χ4n) is 4.13. The van der Waals surface area contributed by atoms with E-state index < -0.39 is 32.2 Å². The van der Waals surface area contributed by atoms with Crippen molar-refractivity contribution in [2.24, 2.45) is 0 Å². The van der Waals surface area contributed by atoms with E-state index in [-0.39, 0.29) is 85.3 Å². The Labute approximate surface area is 288 Å². The van der Waals surface area contributed by atoms with Crippen molar-refractivity contribution in [2.75, 3.05) is 25.0 Å². The van der Waals surface area contributed by atoms with Gasteiger partial charge in [-0.25, -0.2) is 16.8 Å². The SMILES string of the molecule is O=C(Cc1ccc(S(=O)(=O)[O-])c2ccccc12)OCCCl.O=C(Cc1ccc(S(=O)(=O)[O-])c2ccccc12)OCCCl.[Ca+2]. The number of fused-ring (bicyclic) bond motifs is 2. The number of halogens is 2. The summed E-state index contributed by atoms with van der Waals surface area (Å²) >= 11 is 10.9. The van der Waals surface area contributed by atoms with Gasteiger partial charge in [0.2, 0.25) is 0 Å². The van der Waals surface area contributed by atoms with Crippen LogP contribution >= 0.6 is 23.2 Å². The van der Waals surface area contributed by atoms with Crippen LogP contribution in [0.1, 0.15) is 11.1 Å². The zero-order chi connectivity index (χ0) is 30.9. The molecule has 0 aliphatic rings. The predicted molar refractivity (Wildman–Crippen MR) is 160 cm³/mol. The van der Waals surface area contributed by atoms with Gasteiger partial charge >= 0.3 is 49.7 Å². The molecule has 0 aliphatic heterocycles. The molecule has 4 aromatic carbocycles. The topological polar surface area (TPSA) is 167 Å². The number of hydrogen-bond acceptors (Lipinski definition) is 10. The summed E-state index contributed by atoms with van der Waals surface area (Å²) in [5.41, 5.74) is 1.19. The van der Waals surface area contributed by atoms with Crippen molar-refractivity contribution >= 4 is 115 Å². The molecule has 0 bridgehead atoms. The Morgan fingerprint density at radius 1 is 0.581 bits per heavy atom. The first-order valence-corrected chi connectivity index (χ1v) is 16.1. The molecule has 0 spiro atoms. The van der Waals surface area contributed by atoms with Crippen LogP contribution in [-0.4, -0.2) is 101 Å². The number of benzene rings is 4. The van der Waals surface area contributed by atoms with Crippen molar-refractivity contribution in [1.82, 2.24) is 0 Å². The molecule has 0 atom stereocenters. The fourth-order valence-corrected chi connectivity index (χ4v) is 5.65. The molecule has 4 rings (SSSR count). The Morgan fingerprint density at radius 2 is 0.907 bits per heavy atom. The Kier molecular flexibility index (Phi) is 14.6. The molecule has 0 N–H and O–H groups in total. The van der Waals surface area contributed by atoms with Crippen LogP contribution < -0.4 is 0 Å². The molecule has 0 unspecified atom stereocenters. The molecule has 0 saturated heterocycles. The van der Waals surface area contributed by atoms with Gasteiger partial charge in [-0.1, -0.05) is 60.7 Å². The summed E-state index contributed by atoms with van der Waals surface area (Å²) in [5, 5.41) is 1.68. The summed E-state index contributed by atoms with van der Waals surface area (Å²) in [6.07, 6.45) is -0.0345. The molecular formula is C28H24CaCl2O10S2. The molecule has 0 saturated carbocycles. The third kappa shape index (κ3) is 10.5. The monoisotopic (exact) mass is 694 g/mol. The summed E-state index contributed by atoms with van der Waals surface area (Å²) < 4.78 is 77.3. The molecule has 4 aromatic rings. The first-order valence-electron chi connectivity index (χ1n) is 12.2. The molecule has 0 aromatic heterocycles. The number of rotatable bonds is 10. The normalized spacial score (nSPS) is 11.3. The van der Waals surface area contributed by atoms with Crippen molar-refractivity contribution in [3.8, 4) is 0 Å². The average Bonchev–Trinajstić information content (AvgIpc) is 2.94. The molecule has 0 amide bonds. The Morgan fingerprint density at radius 3 is 1.21 bits per heavy atom. The summed E-state index contributed by atoms with van der Waals surface area (Å²) in [7, 11) is -9.14. The van der Waals surface area contributed by atoms with Crippen LogP contribution in [0.4, 0.5) is 0 Å². The fraction of sp³-hybridized carbons (Fsp3) is 0.214. The van der Waals surface area contributed by atoms with Crippen LogP contribution in [0.5, 0.6) is 0 Å². The van der Waals surface area contributed by atoms with E-state index in [4.69, 9.17) is 32.7 Å². The minimum absolute atomic E-state index is 0. The molecule has 0 fully saturated rings. The summed E-state index contributed by atoms with van der Waals surface area (Å²) in [4.78, 5) is 22.7. The number of ether oxygens (including phenoxy) is 2. The van der Waals surface area contributed by atoms with E-state index in [2.05, 4.69) is 0 Å². The largest absolute Gasteiger partial charge is 2.00 e. The van der Waals surface area contributed by atoms with E-state index in [0.717, 1.165) is 0 Å². The van der Waals surface area contributed by atoms with E-state index in [1.807, 2.05) is 0 Å². The van der Waals surface area contributed by atoms with Gasteiger partial charge in [-0.05, 0) is 44.8 Å². The van der Waals surface area contributed by atoms with Crippen LogP contribution in [0.2, 0.25) is 0 Å². The van der Waals surface area contributed by atoms with Gasteiger partial charge in [0.25, 0.3) is 0 Å². The Hall–Kier alpha value is -2.00. The van der Waals surface area contributed by atoms with Gasteiger partial charge in [0.1, 0.15) is 33.5 Å². The molecule has 0 radical (unpaired) electrons. The zero-order valence-corrected chi connectivity index (χ0v) is 27.9. The molecule has 15 heteroatoms. The maximum atomic E-state index is 11.6. The minimum atomic E-state index is -4.57. The van der Waals surface area contributed by atoms with E-state index in [9.17, 15) is 35.5 Å². The van der Waals surface area contributed by atoms with Gasteiger partial charge in [0.15, 0.2) is 0 Å². The standard InChI is InChI=1S/2C14H13ClO5S.Ca/c2*15-7-8-20-14(16)9-10-5-6-13(21(17,18)19)12-4-2-1-3-11(10)12;/h2*1-6H,7-9H2,(H,17,18,19);/q;;+2/p-2. The van der Waals surface area contributed by atoms with Gasteiger partial charge in [-0.2, -0.15) is 0 Å². The smallest absolute Gasteiger partial charge is 0.744 e. The summed E-state index contributed by atoms with van der Waals surface area (Å²) in [5.74, 6) is -0.503. The van der Waals surface area contributed by atoms with E-state index in [1.165, 1.54) is 36.4 Å². The minimum Gasteiger partial charge on any atom is -0.744 e. The van der Waals surface area contributed by atoms with Gasteiger partial charge < -0.3 is 18.6 Å². The number of alkyl halides is 2. The summed E-state index contributed by atoms with van der Waals surface area (Å²) in [6.45, 7) is 0.233. The molecule has 0 heterocycles. The zero-order valence-electron chi connectivity index (χ0n) is 22.5. The van der Waals surface area contributed by atoms with Crippen LogP contribution in [0.15, 0.2) is 82.6 Å². The average molecular weight is 696 g/mol. The number of hydrogen-bond donors (Lipinski definition) is 0. The molecule has 43 heavy (non-hydrogen) atoms. The van der Waals surface area contributed by atoms with Crippen molar-refractivity contribution in [3.05, 3.63) is 83.9 Å². The first-order chi connectivity index (χ1) is 19.9. The van der Waals surface area contributed by atoms with Crippen LogP contribution in [-0.2, 0) is 52.1 Å². The van der Waals surface area contributed by atoms with Crippen LogP contribution in [0.3, 0.4) is 0 Å².